The van der Waals surface area contributed by atoms with Crippen LogP contribution in [0.3, 0.4) is 0 Å². The van der Waals surface area contributed by atoms with Gasteiger partial charge in [0, 0.05) is 4.92 Å². The first-order valence-corrected chi connectivity index (χ1v) is 6.89. The van der Waals surface area contributed by atoms with Crippen LogP contribution in [0.1, 0.15) is 17.0 Å². The fraction of sp³-hybridized carbons (Fsp3) is 0.286. The van der Waals surface area contributed by atoms with E-state index in [9.17, 15) is 10.1 Å². The first kappa shape index (κ1) is 17.1. The van der Waals surface area contributed by atoms with Crippen molar-refractivity contribution in [3.05, 3.63) is 39.4 Å². The molecule has 2 rings (SSSR count). The van der Waals surface area contributed by atoms with Crippen molar-refractivity contribution in [1.82, 2.24) is 9.97 Å². The van der Waals surface area contributed by atoms with Crippen LogP contribution in [0.2, 0.25) is 0 Å². The molecule has 2 aromatic rings. The highest BCUT2D eigenvalue weighted by molar-refractivity contribution is 5.61. The maximum atomic E-state index is 11.1. The van der Waals surface area contributed by atoms with Gasteiger partial charge in [-0.25, -0.2) is 0 Å². The van der Waals surface area contributed by atoms with Crippen molar-refractivity contribution < 1.29 is 14.4 Å². The molecule has 1 atom stereocenters. The Morgan fingerprint density at radius 3 is 2.21 bits per heavy atom. The monoisotopic (exact) mass is 334 g/mol. The Kier molecular flexibility index (Phi) is 4.87. The van der Waals surface area contributed by atoms with E-state index in [-0.39, 0.29) is 23.1 Å². The predicted octanol–water partition coefficient (Wildman–Crippen LogP) is 0.649. The molecule has 0 aliphatic heterocycles. The van der Waals surface area contributed by atoms with E-state index in [1.165, 1.54) is 14.2 Å². The highest BCUT2D eigenvalue weighted by Crippen LogP contribution is 2.36. The fourth-order valence-electron chi connectivity index (χ4n) is 2.46. The zero-order valence-electron chi connectivity index (χ0n) is 13.2. The lowest BCUT2D eigenvalue weighted by Gasteiger charge is -2.18. The maximum absolute atomic E-state index is 11.1. The second-order valence-electron chi connectivity index (χ2n) is 4.95. The SMILES string of the molecule is COc1ccc(C(C[N+](=O)[O-])c2c(N)nc(N)nc2N)cc1OC. The number of anilines is 3. The third-order valence-electron chi connectivity index (χ3n) is 3.51. The van der Waals surface area contributed by atoms with E-state index in [1.54, 1.807) is 18.2 Å². The molecular weight excluding hydrogens is 316 g/mol. The lowest BCUT2D eigenvalue weighted by Crippen LogP contribution is -2.19. The van der Waals surface area contributed by atoms with E-state index in [0.717, 1.165) is 0 Å². The Morgan fingerprint density at radius 2 is 1.71 bits per heavy atom. The van der Waals surface area contributed by atoms with Crippen molar-refractivity contribution >= 4 is 17.6 Å². The molecule has 10 nitrogen and oxygen atoms in total. The zero-order valence-corrected chi connectivity index (χ0v) is 13.2. The molecular formula is C14H18N6O4. The molecule has 1 heterocycles. The normalized spacial score (nSPS) is 11.8. The summed E-state index contributed by atoms with van der Waals surface area (Å²) in [5.74, 6) is 0.0667. The molecule has 24 heavy (non-hydrogen) atoms. The summed E-state index contributed by atoms with van der Waals surface area (Å²) < 4.78 is 10.4. The fourth-order valence-corrected chi connectivity index (χ4v) is 2.46. The van der Waals surface area contributed by atoms with Crippen LogP contribution in [-0.2, 0) is 0 Å². The Labute approximate surface area is 137 Å². The predicted molar refractivity (Wildman–Crippen MR) is 88.5 cm³/mol. The van der Waals surface area contributed by atoms with Gasteiger partial charge < -0.3 is 26.7 Å². The number of aromatic nitrogens is 2. The van der Waals surface area contributed by atoms with Gasteiger partial charge in [-0.1, -0.05) is 6.07 Å². The number of nitrogens with zero attached hydrogens (tertiary/aromatic N) is 3. The van der Waals surface area contributed by atoms with Gasteiger partial charge in [0.05, 0.1) is 25.7 Å². The van der Waals surface area contributed by atoms with Crippen molar-refractivity contribution in [1.29, 1.82) is 0 Å². The van der Waals surface area contributed by atoms with Crippen molar-refractivity contribution in [2.45, 2.75) is 5.92 Å². The largest absolute Gasteiger partial charge is 0.493 e. The van der Waals surface area contributed by atoms with Crippen LogP contribution in [0, 0.1) is 10.1 Å². The number of methoxy groups -OCH3 is 2. The van der Waals surface area contributed by atoms with E-state index in [4.69, 9.17) is 26.7 Å². The quantitative estimate of drug-likeness (QED) is 0.507. The summed E-state index contributed by atoms with van der Waals surface area (Å²) in [5, 5.41) is 11.1. The minimum absolute atomic E-state index is 0.00151. The average molecular weight is 334 g/mol. The van der Waals surface area contributed by atoms with E-state index in [2.05, 4.69) is 9.97 Å². The average Bonchev–Trinajstić information content (AvgIpc) is 2.52. The lowest BCUT2D eigenvalue weighted by atomic mass is 9.91. The van der Waals surface area contributed by atoms with Crippen molar-refractivity contribution in [2.24, 2.45) is 0 Å². The van der Waals surface area contributed by atoms with Gasteiger partial charge in [0.25, 0.3) is 0 Å². The van der Waals surface area contributed by atoms with Crippen LogP contribution in [0.4, 0.5) is 17.6 Å². The molecule has 0 saturated heterocycles. The van der Waals surface area contributed by atoms with Gasteiger partial charge in [-0.3, -0.25) is 10.1 Å². The van der Waals surface area contributed by atoms with Gasteiger partial charge in [0.1, 0.15) is 11.6 Å². The minimum Gasteiger partial charge on any atom is -0.493 e. The van der Waals surface area contributed by atoms with Gasteiger partial charge in [0.15, 0.2) is 11.5 Å². The molecule has 0 spiro atoms. The highest BCUT2D eigenvalue weighted by Gasteiger charge is 2.27. The maximum Gasteiger partial charge on any atom is 0.223 e. The van der Waals surface area contributed by atoms with E-state index < -0.39 is 17.4 Å². The molecule has 1 aromatic carbocycles. The van der Waals surface area contributed by atoms with Gasteiger partial charge in [-0.2, -0.15) is 9.97 Å². The number of rotatable bonds is 6. The number of nitro groups is 1. The first-order valence-electron chi connectivity index (χ1n) is 6.89. The topological polar surface area (TPSA) is 165 Å². The summed E-state index contributed by atoms with van der Waals surface area (Å²) in [7, 11) is 2.97. The van der Waals surface area contributed by atoms with Gasteiger partial charge in [0.2, 0.25) is 12.5 Å². The molecule has 0 aliphatic carbocycles. The van der Waals surface area contributed by atoms with Gasteiger partial charge >= 0.3 is 0 Å². The minimum atomic E-state index is -0.764. The molecule has 0 radical (unpaired) electrons. The van der Waals surface area contributed by atoms with Crippen LogP contribution < -0.4 is 26.7 Å². The van der Waals surface area contributed by atoms with Gasteiger partial charge in [-0.05, 0) is 17.7 Å². The van der Waals surface area contributed by atoms with Crippen molar-refractivity contribution in [3.63, 3.8) is 0 Å². The molecule has 0 bridgehead atoms. The van der Waals surface area contributed by atoms with Crippen LogP contribution in [-0.4, -0.2) is 35.7 Å². The summed E-state index contributed by atoms with van der Waals surface area (Å²) in [6, 6.07) is 4.94. The summed E-state index contributed by atoms with van der Waals surface area (Å²) in [4.78, 5) is 18.4. The molecule has 0 saturated carbocycles. The highest BCUT2D eigenvalue weighted by atomic mass is 16.6. The molecule has 6 N–H and O–H groups in total. The number of nitrogen functional groups attached to an aromatic ring is 3. The standard InChI is InChI=1S/C14H18N6O4/c1-23-9-4-3-7(5-10(9)24-2)8(6-20(21)22)11-12(15)18-14(17)19-13(11)16/h3-5,8H,6H2,1-2H3,(H6,15,16,17,18,19). The second-order valence-corrected chi connectivity index (χ2v) is 4.95. The van der Waals surface area contributed by atoms with Crippen molar-refractivity contribution in [3.8, 4) is 11.5 Å². The van der Waals surface area contributed by atoms with Crippen LogP contribution in [0.25, 0.3) is 0 Å². The molecule has 0 aliphatic rings. The molecule has 1 unspecified atom stereocenters. The third kappa shape index (κ3) is 3.37. The van der Waals surface area contributed by atoms with E-state index in [0.29, 0.717) is 17.1 Å². The Bertz CT molecular complexity index is 744. The number of benzene rings is 1. The summed E-state index contributed by atoms with van der Waals surface area (Å²) in [5.41, 5.74) is 18.1. The number of hydrogen-bond donors (Lipinski definition) is 3. The zero-order chi connectivity index (χ0) is 17.9. The van der Waals surface area contributed by atoms with Crippen LogP contribution in [0.15, 0.2) is 18.2 Å². The molecule has 0 amide bonds. The number of ether oxygens (including phenoxy) is 2. The number of nitrogens with two attached hydrogens (primary N) is 3. The Balaban J connectivity index is 2.60. The second kappa shape index (κ2) is 6.86. The van der Waals surface area contributed by atoms with Gasteiger partial charge in [-0.15, -0.1) is 0 Å². The summed E-state index contributed by atoms with van der Waals surface area (Å²) in [6.07, 6.45) is 0. The Hall–Kier alpha value is -3.30. The third-order valence-corrected chi connectivity index (χ3v) is 3.51. The van der Waals surface area contributed by atoms with Crippen LogP contribution in [0.5, 0.6) is 11.5 Å². The first-order chi connectivity index (χ1) is 11.4. The smallest absolute Gasteiger partial charge is 0.223 e. The number of hydrogen-bond acceptors (Lipinski definition) is 9. The lowest BCUT2D eigenvalue weighted by molar-refractivity contribution is -0.481. The molecule has 128 valence electrons. The summed E-state index contributed by atoms with van der Waals surface area (Å²) in [6.45, 7) is -0.447. The molecule has 0 fully saturated rings. The Morgan fingerprint density at radius 1 is 1.12 bits per heavy atom. The van der Waals surface area contributed by atoms with E-state index in [1.807, 2.05) is 0 Å². The molecule has 10 heteroatoms. The molecule has 1 aromatic heterocycles. The van der Waals surface area contributed by atoms with Crippen LogP contribution >= 0.6 is 0 Å². The summed E-state index contributed by atoms with van der Waals surface area (Å²) >= 11 is 0. The van der Waals surface area contributed by atoms with Crippen molar-refractivity contribution in [2.75, 3.05) is 38.0 Å². The van der Waals surface area contributed by atoms with E-state index >= 15 is 0 Å².